The Morgan fingerprint density at radius 3 is 2.50 bits per heavy atom. The van der Waals surface area contributed by atoms with Crippen LogP contribution in [-0.2, 0) is 0 Å². The number of nitrogens with zero attached hydrogens (tertiary/aromatic N) is 2. The van der Waals surface area contributed by atoms with E-state index in [2.05, 4.69) is 9.97 Å². The van der Waals surface area contributed by atoms with E-state index in [9.17, 15) is 0 Å². The SMILES string of the molecule is CC.Cc1cc2nccnc2o1. The highest BCUT2D eigenvalue weighted by Gasteiger charge is 1.98. The van der Waals surface area contributed by atoms with E-state index in [1.54, 1.807) is 12.4 Å². The predicted molar refractivity (Wildman–Crippen MR) is 47.9 cm³/mol. The topological polar surface area (TPSA) is 38.9 Å². The van der Waals surface area contributed by atoms with Crippen molar-refractivity contribution in [3.05, 3.63) is 24.2 Å². The van der Waals surface area contributed by atoms with Gasteiger partial charge in [-0.05, 0) is 6.92 Å². The summed E-state index contributed by atoms with van der Waals surface area (Å²) in [4.78, 5) is 8.02. The summed E-state index contributed by atoms with van der Waals surface area (Å²) in [6.45, 7) is 5.88. The minimum atomic E-state index is 0.611. The minimum Gasteiger partial charge on any atom is -0.442 e. The second kappa shape index (κ2) is 3.85. The van der Waals surface area contributed by atoms with Gasteiger partial charge in [-0.2, -0.15) is 0 Å². The van der Waals surface area contributed by atoms with Crippen LogP contribution < -0.4 is 0 Å². The number of hydrogen-bond acceptors (Lipinski definition) is 3. The van der Waals surface area contributed by atoms with Crippen LogP contribution in [0.4, 0.5) is 0 Å². The zero-order valence-electron chi connectivity index (χ0n) is 7.53. The number of aryl methyl sites for hydroxylation is 1. The first-order valence-electron chi connectivity index (χ1n) is 4.03. The highest BCUT2D eigenvalue weighted by atomic mass is 16.3. The predicted octanol–water partition coefficient (Wildman–Crippen LogP) is 2.56. The first-order chi connectivity index (χ1) is 5.86. The van der Waals surface area contributed by atoms with Crippen molar-refractivity contribution < 1.29 is 4.42 Å². The van der Waals surface area contributed by atoms with Crippen LogP contribution in [0.25, 0.3) is 11.2 Å². The van der Waals surface area contributed by atoms with Gasteiger partial charge < -0.3 is 4.42 Å². The lowest BCUT2D eigenvalue weighted by Crippen LogP contribution is -1.73. The van der Waals surface area contributed by atoms with E-state index >= 15 is 0 Å². The standard InChI is InChI=1S/C7H6N2O.C2H6/c1-5-4-6-7(10-5)9-3-2-8-6;1-2/h2-4H,1H3;1-2H3. The van der Waals surface area contributed by atoms with Crippen LogP contribution in [0.1, 0.15) is 19.6 Å². The molecule has 2 heterocycles. The maximum absolute atomic E-state index is 5.19. The van der Waals surface area contributed by atoms with E-state index < -0.39 is 0 Å². The second-order valence-corrected chi connectivity index (χ2v) is 2.10. The van der Waals surface area contributed by atoms with Gasteiger partial charge in [0.25, 0.3) is 0 Å². The van der Waals surface area contributed by atoms with Gasteiger partial charge in [-0.15, -0.1) is 0 Å². The van der Waals surface area contributed by atoms with E-state index in [-0.39, 0.29) is 0 Å². The molecule has 0 aliphatic carbocycles. The molecule has 0 aliphatic heterocycles. The van der Waals surface area contributed by atoms with Crippen molar-refractivity contribution in [3.8, 4) is 0 Å². The molecule has 0 unspecified atom stereocenters. The molecule has 2 aromatic heterocycles. The zero-order valence-corrected chi connectivity index (χ0v) is 7.53. The fourth-order valence-corrected chi connectivity index (χ4v) is 0.888. The molecule has 2 aromatic rings. The summed E-state index contributed by atoms with van der Waals surface area (Å²) < 4.78 is 5.19. The van der Waals surface area contributed by atoms with Gasteiger partial charge in [-0.25, -0.2) is 9.97 Å². The van der Waals surface area contributed by atoms with Crippen LogP contribution >= 0.6 is 0 Å². The molecule has 64 valence electrons. The molecule has 3 nitrogen and oxygen atoms in total. The average molecular weight is 164 g/mol. The minimum absolute atomic E-state index is 0.611. The van der Waals surface area contributed by atoms with Crippen molar-refractivity contribution in [3.63, 3.8) is 0 Å². The number of rotatable bonds is 0. The number of hydrogen-bond donors (Lipinski definition) is 0. The van der Waals surface area contributed by atoms with Crippen LogP contribution in [0.15, 0.2) is 22.9 Å². The highest BCUT2D eigenvalue weighted by molar-refractivity contribution is 5.67. The summed E-state index contributed by atoms with van der Waals surface area (Å²) in [5.74, 6) is 0.848. The second-order valence-electron chi connectivity index (χ2n) is 2.10. The van der Waals surface area contributed by atoms with E-state index in [1.807, 2.05) is 26.8 Å². The molecule has 3 heteroatoms. The van der Waals surface area contributed by atoms with Gasteiger partial charge in [-0.3, -0.25) is 0 Å². The quantitative estimate of drug-likeness (QED) is 0.600. The molecule has 0 saturated carbocycles. The first kappa shape index (κ1) is 8.71. The van der Waals surface area contributed by atoms with E-state index in [4.69, 9.17) is 4.42 Å². The lowest BCUT2D eigenvalue weighted by Gasteiger charge is -1.80. The maximum Gasteiger partial charge on any atom is 0.245 e. The third kappa shape index (κ3) is 1.61. The number of aromatic nitrogens is 2. The monoisotopic (exact) mass is 164 g/mol. The van der Waals surface area contributed by atoms with Crippen LogP contribution in [0, 0.1) is 6.92 Å². The summed E-state index contributed by atoms with van der Waals surface area (Å²) in [6.07, 6.45) is 3.27. The molecular weight excluding hydrogens is 152 g/mol. The summed E-state index contributed by atoms with van der Waals surface area (Å²) >= 11 is 0. The number of furan rings is 1. The number of fused-ring (bicyclic) bond motifs is 1. The molecule has 0 atom stereocenters. The van der Waals surface area contributed by atoms with Gasteiger partial charge in [0.1, 0.15) is 11.3 Å². The Hall–Kier alpha value is -1.38. The Morgan fingerprint density at radius 2 is 1.83 bits per heavy atom. The lowest BCUT2D eigenvalue weighted by molar-refractivity contribution is 0.567. The summed E-state index contributed by atoms with van der Waals surface area (Å²) in [5.41, 5.74) is 1.43. The van der Waals surface area contributed by atoms with Gasteiger partial charge in [0.15, 0.2) is 0 Å². The molecule has 0 aliphatic rings. The smallest absolute Gasteiger partial charge is 0.245 e. The van der Waals surface area contributed by atoms with Crippen LogP contribution in [0.2, 0.25) is 0 Å². The fourth-order valence-electron chi connectivity index (χ4n) is 0.888. The van der Waals surface area contributed by atoms with E-state index in [0.29, 0.717) is 5.71 Å². The van der Waals surface area contributed by atoms with Crippen molar-refractivity contribution in [2.75, 3.05) is 0 Å². The molecule has 0 bridgehead atoms. The van der Waals surface area contributed by atoms with Crippen molar-refractivity contribution >= 4 is 11.2 Å². The third-order valence-electron chi connectivity index (χ3n) is 1.29. The largest absolute Gasteiger partial charge is 0.442 e. The molecule has 12 heavy (non-hydrogen) atoms. The third-order valence-corrected chi connectivity index (χ3v) is 1.29. The van der Waals surface area contributed by atoms with Gasteiger partial charge in [0.05, 0.1) is 0 Å². The first-order valence-corrected chi connectivity index (χ1v) is 4.03. The molecule has 0 fully saturated rings. The van der Waals surface area contributed by atoms with Crippen molar-refractivity contribution in [1.82, 2.24) is 9.97 Å². The van der Waals surface area contributed by atoms with Crippen molar-refractivity contribution in [2.45, 2.75) is 20.8 Å². The molecule has 0 amide bonds. The van der Waals surface area contributed by atoms with Crippen LogP contribution in [0.5, 0.6) is 0 Å². The summed E-state index contributed by atoms with van der Waals surface area (Å²) in [5, 5.41) is 0. The Balaban J connectivity index is 0.000000336. The van der Waals surface area contributed by atoms with E-state index in [1.165, 1.54) is 0 Å². The lowest BCUT2D eigenvalue weighted by atomic mass is 10.5. The van der Waals surface area contributed by atoms with Crippen LogP contribution in [0.3, 0.4) is 0 Å². The molecule has 0 N–H and O–H groups in total. The molecule has 0 saturated heterocycles. The Morgan fingerprint density at radius 1 is 1.17 bits per heavy atom. The normalized spacial score (nSPS) is 9.25. The van der Waals surface area contributed by atoms with Gasteiger partial charge in [0, 0.05) is 18.5 Å². The fraction of sp³-hybridized carbons (Fsp3) is 0.333. The molecule has 0 aromatic carbocycles. The van der Waals surface area contributed by atoms with E-state index in [0.717, 1.165) is 11.3 Å². The Bertz CT molecular complexity index is 321. The summed E-state index contributed by atoms with van der Waals surface area (Å²) in [7, 11) is 0. The highest BCUT2D eigenvalue weighted by Crippen LogP contribution is 2.11. The van der Waals surface area contributed by atoms with Gasteiger partial charge >= 0.3 is 0 Å². The Labute approximate surface area is 71.4 Å². The Kier molecular flexibility index (Phi) is 2.80. The van der Waals surface area contributed by atoms with Crippen molar-refractivity contribution in [1.29, 1.82) is 0 Å². The molecule has 0 radical (unpaired) electrons. The molecule has 0 spiro atoms. The molecular formula is C9H12N2O. The van der Waals surface area contributed by atoms with Crippen molar-refractivity contribution in [2.24, 2.45) is 0 Å². The zero-order chi connectivity index (χ0) is 8.97. The maximum atomic E-state index is 5.19. The van der Waals surface area contributed by atoms with Gasteiger partial charge in [0.2, 0.25) is 5.71 Å². The average Bonchev–Trinajstić information content (AvgIpc) is 2.48. The molecule has 2 rings (SSSR count). The van der Waals surface area contributed by atoms with Crippen LogP contribution in [-0.4, -0.2) is 9.97 Å². The van der Waals surface area contributed by atoms with Gasteiger partial charge in [-0.1, -0.05) is 13.8 Å². The summed E-state index contributed by atoms with van der Waals surface area (Å²) in [6, 6.07) is 1.86.